The molecule has 2 N–H and O–H groups in total. The second kappa shape index (κ2) is 6.54. The van der Waals surface area contributed by atoms with E-state index in [1.165, 1.54) is 5.56 Å². The van der Waals surface area contributed by atoms with E-state index in [9.17, 15) is 0 Å². The van der Waals surface area contributed by atoms with Crippen molar-refractivity contribution in [1.29, 1.82) is 0 Å². The standard InChI is InChI=1S/C13H17BrN4S/c1-3-11(15)12(9-5-4-6-10(14)7-9)19-13-16-8-17-18(13)2/h4-8,11-12H,3,15H2,1-2H3. The van der Waals surface area contributed by atoms with Gasteiger partial charge in [-0.1, -0.05) is 46.7 Å². The zero-order valence-electron chi connectivity index (χ0n) is 11.0. The number of benzene rings is 1. The van der Waals surface area contributed by atoms with Crippen molar-refractivity contribution in [3.8, 4) is 0 Å². The van der Waals surface area contributed by atoms with E-state index < -0.39 is 0 Å². The summed E-state index contributed by atoms with van der Waals surface area (Å²) in [5.41, 5.74) is 7.48. The van der Waals surface area contributed by atoms with Gasteiger partial charge in [-0.3, -0.25) is 0 Å². The van der Waals surface area contributed by atoms with Crippen molar-refractivity contribution in [2.24, 2.45) is 12.8 Å². The molecule has 0 fully saturated rings. The van der Waals surface area contributed by atoms with E-state index >= 15 is 0 Å². The molecule has 0 amide bonds. The highest BCUT2D eigenvalue weighted by Crippen LogP contribution is 2.37. The summed E-state index contributed by atoms with van der Waals surface area (Å²) >= 11 is 5.17. The van der Waals surface area contributed by atoms with E-state index in [0.717, 1.165) is 16.0 Å². The molecule has 0 saturated heterocycles. The van der Waals surface area contributed by atoms with Crippen LogP contribution in [0.4, 0.5) is 0 Å². The average Bonchev–Trinajstić information content (AvgIpc) is 2.80. The predicted octanol–water partition coefficient (Wildman–Crippen LogP) is 3.15. The highest BCUT2D eigenvalue weighted by atomic mass is 79.9. The molecule has 0 aliphatic carbocycles. The van der Waals surface area contributed by atoms with Gasteiger partial charge < -0.3 is 5.73 Å². The first-order valence-corrected chi connectivity index (χ1v) is 7.80. The number of nitrogens with zero attached hydrogens (tertiary/aromatic N) is 3. The van der Waals surface area contributed by atoms with Crippen molar-refractivity contribution in [2.75, 3.05) is 0 Å². The van der Waals surface area contributed by atoms with Crippen LogP contribution in [0.2, 0.25) is 0 Å². The Hall–Kier alpha value is -0.850. The van der Waals surface area contributed by atoms with Crippen LogP contribution in [-0.4, -0.2) is 20.8 Å². The molecule has 2 rings (SSSR count). The number of aromatic nitrogens is 3. The Morgan fingerprint density at radius 2 is 2.26 bits per heavy atom. The van der Waals surface area contributed by atoms with Crippen molar-refractivity contribution < 1.29 is 0 Å². The van der Waals surface area contributed by atoms with E-state index in [1.807, 2.05) is 19.2 Å². The number of aryl methyl sites for hydroxylation is 1. The predicted molar refractivity (Wildman–Crippen MR) is 82.0 cm³/mol. The van der Waals surface area contributed by atoms with Gasteiger partial charge in [0.05, 0.1) is 5.25 Å². The topological polar surface area (TPSA) is 56.7 Å². The van der Waals surface area contributed by atoms with E-state index in [0.29, 0.717) is 0 Å². The number of thioether (sulfide) groups is 1. The molecular weight excluding hydrogens is 324 g/mol. The second-order valence-corrected chi connectivity index (χ2v) is 6.36. The van der Waals surface area contributed by atoms with E-state index in [4.69, 9.17) is 5.73 Å². The van der Waals surface area contributed by atoms with Crippen LogP contribution in [-0.2, 0) is 7.05 Å². The molecule has 0 aliphatic rings. The van der Waals surface area contributed by atoms with Gasteiger partial charge in [0.15, 0.2) is 5.16 Å². The highest BCUT2D eigenvalue weighted by molar-refractivity contribution is 9.10. The van der Waals surface area contributed by atoms with Gasteiger partial charge in [-0.2, -0.15) is 5.10 Å². The third kappa shape index (κ3) is 3.58. The number of rotatable bonds is 5. The zero-order valence-corrected chi connectivity index (χ0v) is 13.4. The minimum Gasteiger partial charge on any atom is -0.326 e. The maximum absolute atomic E-state index is 6.27. The lowest BCUT2D eigenvalue weighted by molar-refractivity contribution is 0.625. The van der Waals surface area contributed by atoms with Crippen LogP contribution in [0.25, 0.3) is 0 Å². The molecule has 19 heavy (non-hydrogen) atoms. The summed E-state index contributed by atoms with van der Waals surface area (Å²) in [7, 11) is 1.89. The molecule has 2 aromatic rings. The molecule has 4 nitrogen and oxygen atoms in total. The average molecular weight is 341 g/mol. The number of halogens is 1. The van der Waals surface area contributed by atoms with Gasteiger partial charge >= 0.3 is 0 Å². The van der Waals surface area contributed by atoms with Crippen LogP contribution in [0.1, 0.15) is 24.2 Å². The summed E-state index contributed by atoms with van der Waals surface area (Å²) in [5.74, 6) is 0. The summed E-state index contributed by atoms with van der Waals surface area (Å²) in [6.07, 6.45) is 2.49. The molecule has 102 valence electrons. The van der Waals surface area contributed by atoms with Crippen LogP contribution >= 0.6 is 27.7 Å². The normalized spacial score (nSPS) is 14.3. The minimum absolute atomic E-state index is 0.0796. The van der Waals surface area contributed by atoms with Crippen LogP contribution in [0, 0.1) is 0 Å². The van der Waals surface area contributed by atoms with Gasteiger partial charge in [-0.25, -0.2) is 9.67 Å². The van der Waals surface area contributed by atoms with Gasteiger partial charge in [0.2, 0.25) is 0 Å². The van der Waals surface area contributed by atoms with Gasteiger partial charge in [0, 0.05) is 17.6 Å². The molecule has 2 unspecified atom stereocenters. The minimum atomic E-state index is 0.0796. The Balaban J connectivity index is 2.29. The van der Waals surface area contributed by atoms with Crippen molar-refractivity contribution in [2.45, 2.75) is 29.8 Å². The van der Waals surface area contributed by atoms with Crippen molar-refractivity contribution in [3.63, 3.8) is 0 Å². The molecule has 2 atom stereocenters. The molecule has 1 aromatic heterocycles. The monoisotopic (exact) mass is 340 g/mol. The molecule has 0 radical (unpaired) electrons. The summed E-state index contributed by atoms with van der Waals surface area (Å²) in [6.45, 7) is 2.10. The van der Waals surface area contributed by atoms with Crippen LogP contribution < -0.4 is 5.73 Å². The van der Waals surface area contributed by atoms with Gasteiger partial charge in [-0.05, 0) is 24.1 Å². The fourth-order valence-electron chi connectivity index (χ4n) is 1.81. The SMILES string of the molecule is CCC(N)C(Sc1ncnn1C)c1cccc(Br)c1. The fraction of sp³-hybridized carbons (Fsp3) is 0.385. The Kier molecular flexibility index (Phi) is 5.01. The van der Waals surface area contributed by atoms with E-state index in [2.05, 4.69) is 45.1 Å². The van der Waals surface area contributed by atoms with Crippen molar-refractivity contribution in [1.82, 2.24) is 14.8 Å². The van der Waals surface area contributed by atoms with E-state index in [1.54, 1.807) is 22.8 Å². The van der Waals surface area contributed by atoms with Crippen LogP contribution in [0.3, 0.4) is 0 Å². The third-order valence-corrected chi connectivity index (χ3v) is 4.89. The summed E-state index contributed by atoms with van der Waals surface area (Å²) in [5, 5.41) is 5.16. The van der Waals surface area contributed by atoms with E-state index in [-0.39, 0.29) is 11.3 Å². The lowest BCUT2D eigenvalue weighted by Gasteiger charge is -2.22. The van der Waals surface area contributed by atoms with Gasteiger partial charge in [0.1, 0.15) is 6.33 Å². The van der Waals surface area contributed by atoms with Gasteiger partial charge in [0.25, 0.3) is 0 Å². The molecule has 0 saturated carbocycles. The molecule has 6 heteroatoms. The first kappa shape index (κ1) is 14.6. The lowest BCUT2D eigenvalue weighted by Crippen LogP contribution is -2.26. The van der Waals surface area contributed by atoms with Crippen LogP contribution in [0.15, 0.2) is 40.2 Å². The maximum Gasteiger partial charge on any atom is 0.186 e. The Morgan fingerprint density at radius 3 is 2.84 bits per heavy atom. The summed E-state index contributed by atoms with van der Waals surface area (Å²) in [4.78, 5) is 4.27. The van der Waals surface area contributed by atoms with Crippen molar-refractivity contribution >= 4 is 27.7 Å². The van der Waals surface area contributed by atoms with Crippen LogP contribution in [0.5, 0.6) is 0 Å². The number of hydrogen-bond acceptors (Lipinski definition) is 4. The molecule has 0 spiro atoms. The maximum atomic E-state index is 6.27. The first-order chi connectivity index (χ1) is 9.11. The fourth-order valence-corrected chi connectivity index (χ4v) is 3.41. The lowest BCUT2D eigenvalue weighted by atomic mass is 10.0. The molecule has 1 aromatic carbocycles. The van der Waals surface area contributed by atoms with Crippen molar-refractivity contribution in [3.05, 3.63) is 40.6 Å². The third-order valence-electron chi connectivity index (χ3n) is 2.94. The Bertz CT molecular complexity index is 543. The summed E-state index contributed by atoms with van der Waals surface area (Å²) in [6, 6.07) is 8.35. The van der Waals surface area contributed by atoms with Gasteiger partial charge in [-0.15, -0.1) is 0 Å². The highest BCUT2D eigenvalue weighted by Gasteiger charge is 2.22. The number of hydrogen-bond donors (Lipinski definition) is 1. The molecule has 1 heterocycles. The second-order valence-electron chi connectivity index (χ2n) is 4.33. The summed E-state index contributed by atoms with van der Waals surface area (Å²) < 4.78 is 2.84. The molecular formula is C13H17BrN4S. The molecule has 0 bridgehead atoms. The smallest absolute Gasteiger partial charge is 0.186 e. The largest absolute Gasteiger partial charge is 0.326 e. The Morgan fingerprint density at radius 1 is 1.47 bits per heavy atom. The quantitative estimate of drug-likeness (QED) is 0.849. The number of nitrogens with two attached hydrogens (primary N) is 1. The molecule has 0 aliphatic heterocycles. The first-order valence-electron chi connectivity index (χ1n) is 6.13. The Labute approximate surface area is 125 Å². The zero-order chi connectivity index (χ0) is 13.8.